The van der Waals surface area contributed by atoms with E-state index in [9.17, 15) is 4.79 Å². The monoisotopic (exact) mass is 409 g/mol. The van der Waals surface area contributed by atoms with Crippen LogP contribution in [0.2, 0.25) is 5.02 Å². The van der Waals surface area contributed by atoms with Crippen LogP contribution in [0.4, 0.5) is 11.4 Å². The Morgan fingerprint density at radius 3 is 2.52 bits per heavy atom. The van der Waals surface area contributed by atoms with E-state index in [-0.39, 0.29) is 5.91 Å². The first-order valence-corrected chi connectivity index (χ1v) is 10.0. The van der Waals surface area contributed by atoms with Gasteiger partial charge in [-0.25, -0.2) is 0 Å². The van der Waals surface area contributed by atoms with Gasteiger partial charge in [0, 0.05) is 31.9 Å². The highest BCUT2D eigenvalue weighted by Gasteiger charge is 2.19. The molecule has 29 heavy (non-hydrogen) atoms. The third-order valence-corrected chi connectivity index (χ3v) is 5.69. The van der Waals surface area contributed by atoms with Gasteiger partial charge in [0.2, 0.25) is 0 Å². The normalized spacial score (nSPS) is 14.8. The van der Waals surface area contributed by atoms with Crippen molar-refractivity contribution in [2.45, 2.75) is 0 Å². The molecule has 0 spiro atoms. The molecule has 6 heteroatoms. The summed E-state index contributed by atoms with van der Waals surface area (Å²) in [7, 11) is 3.70. The third kappa shape index (κ3) is 4.02. The van der Waals surface area contributed by atoms with Gasteiger partial charge in [0.05, 0.1) is 23.4 Å². The van der Waals surface area contributed by atoms with Crippen molar-refractivity contribution in [1.82, 2.24) is 4.90 Å². The SMILES string of the molecule is COc1ccc2ccccc2c1C(=O)Nc1ccc(N2CCN(C)CC2)c(Cl)c1. The van der Waals surface area contributed by atoms with E-state index in [4.69, 9.17) is 16.3 Å². The molecule has 1 fully saturated rings. The number of fused-ring (bicyclic) bond motifs is 1. The number of nitrogens with one attached hydrogen (secondary N) is 1. The van der Waals surface area contributed by atoms with E-state index in [2.05, 4.69) is 22.2 Å². The minimum atomic E-state index is -0.220. The van der Waals surface area contributed by atoms with Crippen LogP contribution >= 0.6 is 11.6 Å². The van der Waals surface area contributed by atoms with Gasteiger partial charge in [-0.15, -0.1) is 0 Å². The van der Waals surface area contributed by atoms with Crippen LogP contribution in [-0.2, 0) is 0 Å². The van der Waals surface area contributed by atoms with Gasteiger partial charge in [-0.3, -0.25) is 4.79 Å². The molecule has 0 bridgehead atoms. The molecule has 0 unspecified atom stereocenters. The van der Waals surface area contributed by atoms with Gasteiger partial charge in [0.25, 0.3) is 5.91 Å². The zero-order valence-corrected chi connectivity index (χ0v) is 17.4. The number of ether oxygens (including phenoxy) is 1. The fourth-order valence-electron chi connectivity index (χ4n) is 3.74. The second-order valence-corrected chi connectivity index (χ2v) is 7.68. The molecule has 0 aromatic heterocycles. The molecule has 0 atom stereocenters. The van der Waals surface area contributed by atoms with Crippen LogP contribution in [0.25, 0.3) is 10.8 Å². The highest BCUT2D eigenvalue weighted by molar-refractivity contribution is 6.33. The molecule has 1 amide bonds. The van der Waals surface area contributed by atoms with Crippen LogP contribution in [0.3, 0.4) is 0 Å². The molecule has 0 radical (unpaired) electrons. The number of hydrogen-bond donors (Lipinski definition) is 1. The second kappa shape index (κ2) is 8.31. The van der Waals surface area contributed by atoms with Crippen molar-refractivity contribution in [2.24, 2.45) is 0 Å². The summed E-state index contributed by atoms with van der Waals surface area (Å²) >= 11 is 6.55. The van der Waals surface area contributed by atoms with E-state index in [1.54, 1.807) is 7.11 Å². The van der Waals surface area contributed by atoms with Crippen LogP contribution in [0, 0.1) is 0 Å². The lowest BCUT2D eigenvalue weighted by Gasteiger charge is -2.34. The number of anilines is 2. The Hall–Kier alpha value is -2.76. The predicted octanol–water partition coefficient (Wildman–Crippen LogP) is 4.51. The first-order valence-electron chi connectivity index (χ1n) is 9.67. The average Bonchev–Trinajstić information content (AvgIpc) is 2.73. The molecule has 1 aliphatic rings. The average molecular weight is 410 g/mol. The lowest BCUT2D eigenvalue weighted by atomic mass is 10.0. The molecule has 5 nitrogen and oxygen atoms in total. The molecule has 0 aliphatic carbocycles. The molecule has 4 rings (SSSR count). The van der Waals surface area contributed by atoms with Crippen molar-refractivity contribution in [1.29, 1.82) is 0 Å². The molecular formula is C23H24ClN3O2. The van der Waals surface area contributed by atoms with Gasteiger partial charge >= 0.3 is 0 Å². The van der Waals surface area contributed by atoms with Crippen molar-refractivity contribution in [3.63, 3.8) is 0 Å². The van der Waals surface area contributed by atoms with Gasteiger partial charge in [0.15, 0.2) is 0 Å². The molecule has 0 saturated carbocycles. The van der Waals surface area contributed by atoms with Gasteiger partial charge in [-0.2, -0.15) is 0 Å². The Balaban J connectivity index is 1.59. The van der Waals surface area contributed by atoms with Gasteiger partial charge in [0.1, 0.15) is 5.75 Å². The predicted molar refractivity (Wildman–Crippen MR) is 120 cm³/mol. The number of carbonyl (C=O) groups is 1. The topological polar surface area (TPSA) is 44.8 Å². The Bertz CT molecular complexity index is 1050. The number of benzene rings is 3. The van der Waals surface area contributed by atoms with Crippen molar-refractivity contribution >= 4 is 39.7 Å². The van der Waals surface area contributed by atoms with Crippen LogP contribution in [-0.4, -0.2) is 51.1 Å². The summed E-state index contributed by atoms with van der Waals surface area (Å²) in [6, 6.07) is 17.2. The fraction of sp³-hybridized carbons (Fsp3) is 0.261. The highest BCUT2D eigenvalue weighted by atomic mass is 35.5. The number of amides is 1. The van der Waals surface area contributed by atoms with E-state index in [1.165, 1.54) is 0 Å². The van der Waals surface area contributed by atoms with E-state index >= 15 is 0 Å². The molecular weight excluding hydrogens is 386 g/mol. The Morgan fingerprint density at radius 2 is 1.79 bits per heavy atom. The summed E-state index contributed by atoms with van der Waals surface area (Å²) in [6.45, 7) is 3.90. The summed E-state index contributed by atoms with van der Waals surface area (Å²) in [6.07, 6.45) is 0. The van der Waals surface area contributed by atoms with E-state index < -0.39 is 0 Å². The molecule has 1 saturated heterocycles. The number of nitrogens with zero attached hydrogens (tertiary/aromatic N) is 2. The first kappa shape index (κ1) is 19.6. The second-order valence-electron chi connectivity index (χ2n) is 7.27. The first-order chi connectivity index (χ1) is 14.1. The molecule has 1 heterocycles. The zero-order chi connectivity index (χ0) is 20.4. The number of likely N-dealkylation sites (N-methyl/N-ethyl adjacent to an activating group) is 1. The van der Waals surface area contributed by atoms with E-state index in [0.29, 0.717) is 22.0 Å². The quantitative estimate of drug-likeness (QED) is 0.688. The maximum absolute atomic E-state index is 13.1. The summed E-state index contributed by atoms with van der Waals surface area (Å²) in [5, 5.41) is 5.45. The largest absolute Gasteiger partial charge is 0.496 e. The molecule has 1 N–H and O–H groups in total. The molecule has 1 aliphatic heterocycles. The number of rotatable bonds is 4. The summed E-state index contributed by atoms with van der Waals surface area (Å²) in [4.78, 5) is 17.7. The Labute approximate surface area is 175 Å². The minimum Gasteiger partial charge on any atom is -0.496 e. The third-order valence-electron chi connectivity index (χ3n) is 5.39. The Morgan fingerprint density at radius 1 is 1.03 bits per heavy atom. The van der Waals surface area contributed by atoms with Crippen molar-refractivity contribution < 1.29 is 9.53 Å². The highest BCUT2D eigenvalue weighted by Crippen LogP contribution is 2.32. The Kier molecular flexibility index (Phi) is 5.60. The molecule has 3 aromatic carbocycles. The van der Waals surface area contributed by atoms with Gasteiger partial charge in [-0.1, -0.05) is 41.9 Å². The summed E-state index contributed by atoms with van der Waals surface area (Å²) in [5.41, 5.74) is 2.18. The number of piperazine rings is 1. The number of halogens is 1. The maximum Gasteiger partial charge on any atom is 0.260 e. The zero-order valence-electron chi connectivity index (χ0n) is 16.6. The number of hydrogen-bond acceptors (Lipinski definition) is 4. The number of carbonyl (C=O) groups excluding carboxylic acids is 1. The van der Waals surface area contributed by atoms with E-state index in [0.717, 1.165) is 42.6 Å². The minimum absolute atomic E-state index is 0.220. The van der Waals surface area contributed by atoms with E-state index in [1.807, 2.05) is 54.6 Å². The van der Waals surface area contributed by atoms with Crippen LogP contribution in [0.15, 0.2) is 54.6 Å². The van der Waals surface area contributed by atoms with Gasteiger partial charge in [-0.05, 0) is 42.1 Å². The van der Waals surface area contributed by atoms with Crippen LogP contribution in [0.5, 0.6) is 5.75 Å². The molecule has 3 aromatic rings. The lowest BCUT2D eigenvalue weighted by molar-refractivity contribution is 0.102. The van der Waals surface area contributed by atoms with Crippen molar-refractivity contribution in [3.8, 4) is 5.75 Å². The van der Waals surface area contributed by atoms with Crippen molar-refractivity contribution in [3.05, 3.63) is 65.2 Å². The smallest absolute Gasteiger partial charge is 0.260 e. The van der Waals surface area contributed by atoms with Crippen LogP contribution < -0.4 is 15.0 Å². The number of methoxy groups -OCH3 is 1. The fourth-order valence-corrected chi connectivity index (χ4v) is 4.04. The maximum atomic E-state index is 13.1. The van der Waals surface area contributed by atoms with Gasteiger partial charge < -0.3 is 19.9 Å². The summed E-state index contributed by atoms with van der Waals surface area (Å²) < 4.78 is 5.45. The molecule has 150 valence electrons. The lowest BCUT2D eigenvalue weighted by Crippen LogP contribution is -2.44. The van der Waals surface area contributed by atoms with Crippen LogP contribution in [0.1, 0.15) is 10.4 Å². The standard InChI is InChI=1S/C23H24ClN3O2/c1-26-11-13-27(14-12-26)20-9-8-17(15-19(20)24)25-23(28)22-18-6-4-3-5-16(18)7-10-21(22)29-2/h3-10,15H,11-14H2,1-2H3,(H,25,28). The van der Waals surface area contributed by atoms with Crippen molar-refractivity contribution in [2.75, 3.05) is 50.6 Å². The summed E-state index contributed by atoms with van der Waals surface area (Å²) in [5.74, 6) is 0.323.